The summed E-state index contributed by atoms with van der Waals surface area (Å²) < 4.78 is 28.7. The van der Waals surface area contributed by atoms with Gasteiger partial charge in [0.2, 0.25) is 0 Å². The minimum Gasteiger partial charge on any atom is -0.481 e. The molecule has 0 unspecified atom stereocenters. The number of benzene rings is 1. The van der Waals surface area contributed by atoms with E-state index >= 15 is 0 Å². The van der Waals surface area contributed by atoms with E-state index in [1.807, 2.05) is 34.1 Å². The largest absolute Gasteiger partial charge is 0.481 e. The van der Waals surface area contributed by atoms with Gasteiger partial charge in [-0.05, 0) is 37.5 Å². The smallest absolute Gasteiger partial charge is 0.305 e. The Bertz CT molecular complexity index is 897. The van der Waals surface area contributed by atoms with Crippen LogP contribution in [-0.4, -0.2) is 57.7 Å². The molecule has 8 heteroatoms. The highest BCUT2D eigenvalue weighted by Crippen LogP contribution is 2.23. The number of quaternary nitrogens is 1. The standard InChI is InChI=1S/C20H28N2O4S2/c1-15-5-7-16(8-6-15)9-10-18-11-12-20(27-18)28(25,26)21-17(13-19(23)24)14-22(2,3)4/h5-8,11-12,17,21H,9-10,13-14H2,1-4H3/p+1/t17-/m1/s1. The zero-order valence-electron chi connectivity index (χ0n) is 16.8. The summed E-state index contributed by atoms with van der Waals surface area (Å²) in [4.78, 5) is 12.1. The van der Waals surface area contributed by atoms with Crippen molar-refractivity contribution in [2.24, 2.45) is 0 Å². The highest BCUT2D eigenvalue weighted by molar-refractivity contribution is 7.91. The van der Waals surface area contributed by atoms with Crippen molar-refractivity contribution in [2.45, 2.75) is 36.4 Å². The van der Waals surface area contributed by atoms with Crippen molar-refractivity contribution in [2.75, 3.05) is 27.7 Å². The number of hydrogen-bond donors (Lipinski definition) is 2. The van der Waals surface area contributed by atoms with Crippen LogP contribution in [0, 0.1) is 6.92 Å². The first kappa shape index (κ1) is 22.5. The van der Waals surface area contributed by atoms with E-state index in [-0.39, 0.29) is 10.6 Å². The second-order valence-electron chi connectivity index (χ2n) is 8.10. The molecule has 1 heterocycles. The summed E-state index contributed by atoms with van der Waals surface area (Å²) >= 11 is 1.24. The molecule has 0 aliphatic rings. The van der Waals surface area contributed by atoms with E-state index < -0.39 is 22.0 Å². The lowest BCUT2D eigenvalue weighted by molar-refractivity contribution is -0.871. The van der Waals surface area contributed by atoms with Gasteiger partial charge < -0.3 is 9.59 Å². The molecule has 0 saturated heterocycles. The third kappa shape index (κ3) is 7.35. The molecule has 2 N–H and O–H groups in total. The number of rotatable bonds is 10. The Morgan fingerprint density at radius 1 is 1.11 bits per heavy atom. The van der Waals surface area contributed by atoms with Gasteiger partial charge in [0, 0.05) is 4.88 Å². The molecule has 0 fully saturated rings. The Labute approximate surface area is 171 Å². The average molecular weight is 426 g/mol. The molecule has 1 atom stereocenters. The van der Waals surface area contributed by atoms with Crippen molar-refractivity contribution in [3.8, 4) is 0 Å². The molecule has 0 amide bonds. The van der Waals surface area contributed by atoms with Gasteiger partial charge in [-0.1, -0.05) is 29.8 Å². The number of carboxylic acids is 1. The number of carbonyl (C=O) groups is 1. The quantitative estimate of drug-likeness (QED) is 0.573. The van der Waals surface area contributed by atoms with E-state index in [9.17, 15) is 13.2 Å². The van der Waals surface area contributed by atoms with Crippen LogP contribution >= 0.6 is 11.3 Å². The topological polar surface area (TPSA) is 83.5 Å². The van der Waals surface area contributed by atoms with E-state index in [0.717, 1.165) is 17.7 Å². The fourth-order valence-electron chi connectivity index (χ4n) is 2.95. The SMILES string of the molecule is Cc1ccc(CCc2ccc(S(=O)(=O)N[C@H](CC(=O)O)C[N+](C)(C)C)s2)cc1. The molecule has 28 heavy (non-hydrogen) atoms. The van der Waals surface area contributed by atoms with Crippen molar-refractivity contribution >= 4 is 27.3 Å². The second kappa shape index (κ2) is 9.17. The van der Waals surface area contributed by atoms with Gasteiger partial charge in [0.25, 0.3) is 10.0 Å². The van der Waals surface area contributed by atoms with Crippen molar-refractivity contribution < 1.29 is 22.8 Å². The van der Waals surface area contributed by atoms with Crippen molar-refractivity contribution in [3.05, 3.63) is 52.4 Å². The van der Waals surface area contributed by atoms with Crippen LogP contribution in [0.25, 0.3) is 0 Å². The molecule has 6 nitrogen and oxygen atoms in total. The zero-order valence-corrected chi connectivity index (χ0v) is 18.4. The van der Waals surface area contributed by atoms with Gasteiger partial charge in [-0.15, -0.1) is 11.3 Å². The van der Waals surface area contributed by atoms with Crippen LogP contribution in [-0.2, 0) is 27.7 Å². The molecule has 1 aromatic heterocycles. The molecular weight excluding hydrogens is 396 g/mol. The molecule has 0 saturated carbocycles. The van der Waals surface area contributed by atoms with Gasteiger partial charge in [-0.25, -0.2) is 13.1 Å². The lowest BCUT2D eigenvalue weighted by Crippen LogP contribution is -2.49. The molecule has 154 valence electrons. The Balaban J connectivity index is 2.06. The van der Waals surface area contributed by atoms with Gasteiger partial charge >= 0.3 is 5.97 Å². The van der Waals surface area contributed by atoms with Crippen molar-refractivity contribution in [3.63, 3.8) is 0 Å². The molecule has 0 spiro atoms. The fourth-order valence-corrected chi connectivity index (χ4v) is 5.55. The Morgan fingerprint density at radius 3 is 2.32 bits per heavy atom. The predicted octanol–water partition coefficient (Wildman–Crippen LogP) is 2.67. The number of aryl methyl sites for hydroxylation is 3. The van der Waals surface area contributed by atoms with Gasteiger partial charge in [0.1, 0.15) is 4.21 Å². The summed E-state index contributed by atoms with van der Waals surface area (Å²) in [6, 6.07) is 11.1. The number of hydrogen-bond acceptors (Lipinski definition) is 4. The van der Waals surface area contributed by atoms with Gasteiger partial charge in [-0.3, -0.25) is 4.79 Å². The molecule has 2 aromatic rings. The minimum absolute atomic E-state index is 0.225. The number of likely N-dealkylation sites (N-methyl/N-ethyl adjacent to an activating group) is 1. The lowest BCUT2D eigenvalue weighted by atomic mass is 10.1. The van der Waals surface area contributed by atoms with Crippen molar-refractivity contribution in [1.82, 2.24) is 4.72 Å². The Morgan fingerprint density at radius 2 is 1.75 bits per heavy atom. The number of nitrogens with one attached hydrogen (secondary N) is 1. The predicted molar refractivity (Wildman–Crippen MR) is 112 cm³/mol. The number of carboxylic acid groups (broad SMARTS) is 1. The van der Waals surface area contributed by atoms with Crippen LogP contribution in [0.4, 0.5) is 0 Å². The molecule has 1 aromatic carbocycles. The molecule has 0 aliphatic carbocycles. The average Bonchev–Trinajstić information content (AvgIpc) is 3.01. The van der Waals surface area contributed by atoms with E-state index in [1.165, 1.54) is 22.5 Å². The van der Waals surface area contributed by atoms with Crippen LogP contribution in [0.2, 0.25) is 0 Å². The van der Waals surface area contributed by atoms with E-state index in [0.29, 0.717) is 11.0 Å². The normalized spacial score (nSPS) is 13.4. The first-order chi connectivity index (χ1) is 12.9. The molecule has 0 bridgehead atoms. The molecular formula is C20H29N2O4S2+. The third-order valence-corrected chi connectivity index (χ3v) is 7.35. The maximum Gasteiger partial charge on any atom is 0.305 e. The summed E-state index contributed by atoms with van der Waals surface area (Å²) in [5, 5.41) is 9.11. The first-order valence-corrected chi connectivity index (χ1v) is 11.4. The maximum absolute atomic E-state index is 12.7. The van der Waals surface area contributed by atoms with E-state index in [1.54, 1.807) is 6.07 Å². The highest BCUT2D eigenvalue weighted by atomic mass is 32.2. The van der Waals surface area contributed by atoms with Crippen LogP contribution in [0.15, 0.2) is 40.6 Å². The minimum atomic E-state index is -3.75. The summed E-state index contributed by atoms with van der Waals surface area (Å²) in [6.07, 6.45) is 1.36. The summed E-state index contributed by atoms with van der Waals surface area (Å²) in [5.41, 5.74) is 2.43. The molecule has 0 radical (unpaired) electrons. The number of sulfonamides is 1. The maximum atomic E-state index is 12.7. The summed E-state index contributed by atoms with van der Waals surface area (Å²) in [5.74, 6) is -1.02. The summed E-state index contributed by atoms with van der Waals surface area (Å²) in [6.45, 7) is 2.43. The second-order valence-corrected chi connectivity index (χ2v) is 11.2. The van der Waals surface area contributed by atoms with Crippen LogP contribution < -0.4 is 4.72 Å². The number of aliphatic carboxylic acids is 1. The first-order valence-electron chi connectivity index (χ1n) is 9.13. The van der Waals surface area contributed by atoms with Crippen LogP contribution in [0.5, 0.6) is 0 Å². The monoisotopic (exact) mass is 425 g/mol. The van der Waals surface area contributed by atoms with E-state index in [2.05, 4.69) is 29.0 Å². The number of nitrogens with zero attached hydrogens (tertiary/aromatic N) is 1. The van der Waals surface area contributed by atoms with E-state index in [4.69, 9.17) is 5.11 Å². The molecule has 0 aliphatic heterocycles. The lowest BCUT2D eigenvalue weighted by Gasteiger charge is -2.28. The van der Waals surface area contributed by atoms with Gasteiger partial charge in [0.15, 0.2) is 0 Å². The van der Waals surface area contributed by atoms with Gasteiger partial charge in [0.05, 0.1) is 40.2 Å². The summed E-state index contributed by atoms with van der Waals surface area (Å²) in [7, 11) is 1.95. The van der Waals surface area contributed by atoms with Gasteiger partial charge in [-0.2, -0.15) is 0 Å². The number of thiophene rings is 1. The Kier molecular flexibility index (Phi) is 7.39. The van der Waals surface area contributed by atoms with Crippen molar-refractivity contribution in [1.29, 1.82) is 0 Å². The Hall–Kier alpha value is -1.74. The fraction of sp³-hybridized carbons (Fsp3) is 0.450. The highest BCUT2D eigenvalue weighted by Gasteiger charge is 2.27. The zero-order chi connectivity index (χ0) is 20.9. The molecule has 2 rings (SSSR count). The van der Waals surface area contributed by atoms with Crippen LogP contribution in [0.1, 0.15) is 22.4 Å². The third-order valence-electron chi connectivity index (χ3n) is 4.19. The van der Waals surface area contributed by atoms with Crippen LogP contribution in [0.3, 0.4) is 0 Å².